The molecule has 5 heteroatoms. The van der Waals surface area contributed by atoms with Gasteiger partial charge in [0.1, 0.15) is 0 Å². The summed E-state index contributed by atoms with van der Waals surface area (Å²) in [5.74, 6) is 0. The van der Waals surface area contributed by atoms with Crippen LogP contribution in [-0.2, 0) is 0 Å². The molecule has 5 aromatic heterocycles. The molecule has 0 aliphatic heterocycles. The lowest BCUT2D eigenvalue weighted by atomic mass is 10.00. The quantitative estimate of drug-likeness (QED) is 0.123. The Balaban J connectivity index is 0.0000000988. The number of hydrogen-bond donors (Lipinski definition) is 0. The molecular formula is C131H99N5. The summed E-state index contributed by atoms with van der Waals surface area (Å²) in [4.78, 5) is 0. The van der Waals surface area contributed by atoms with Crippen molar-refractivity contribution >= 4 is 109 Å². The minimum atomic E-state index is 1.18. The molecule has 0 bridgehead atoms. The maximum absolute atomic E-state index is 2.45. The SMILES string of the molecule is Cc1ccc(-c2cccc3c4cccc(-c5ccccc5)c4n(-c4ccccc4)c23)cc1.Cc1ccc2c(c1)c1cc(-c3ccccc3)ccc1n2-c1ccccc1.Cc1cccc2c1c1cc(-c3ccccc3)ccc1n2-c1ccccc1.Cc1cccc2c3cc(-c4ccccc4)ccc3n(-c3ccccc3)c12.Cc1cccc2c3cccc(-c4ccccc4)c3n(-c3ccccc3)c12. The monoisotopic (exact) mass is 1740 g/mol. The Hall–Kier alpha value is -17.4. The first-order chi connectivity index (χ1) is 67.1. The standard InChI is InChI=1S/C31H23N.4C25H19N/c1-22-18-20-24(21-19-22)27-15-9-17-29-28-16-8-14-26(23-10-4-2-5-11-23)30(28)32(31(27)29)25-12-6-3-7-13-25;1-18-10-8-16-22-23-17-9-15-21(19-11-4-2-5-12-19)25(23)26(24(18)22)20-13-6-3-7-14-20;1-18-9-8-14-24-25(18)22-17-20(19-10-4-2-5-11-19)15-16-23(22)26(24)21-12-6-3-7-13-21;1-18-9-8-14-22-23-17-20(19-10-4-2-5-11-19)15-16-24(23)26(25(18)22)21-12-6-3-7-13-21;1-18-12-14-24-22(16-18)23-17-20(19-8-4-2-5-9-19)13-15-25(23)26(24)21-10-6-3-7-11-21/h2-21H,1H3;4*2-17H,1H3. The van der Waals surface area contributed by atoms with Crippen molar-refractivity contribution < 1.29 is 0 Å². The number of benzene rings is 21. The van der Waals surface area contributed by atoms with Crippen LogP contribution in [0, 0.1) is 34.6 Å². The molecule has 5 heterocycles. The zero-order valence-corrected chi connectivity index (χ0v) is 76.7. The largest absolute Gasteiger partial charge is 0.309 e. The molecule has 0 amide bonds. The third-order valence-corrected chi connectivity index (χ3v) is 26.7. The van der Waals surface area contributed by atoms with E-state index in [4.69, 9.17) is 0 Å². The molecule has 0 N–H and O–H groups in total. The molecule has 0 atom stereocenters. The van der Waals surface area contributed by atoms with Gasteiger partial charge in [-0.1, -0.05) is 405 Å². The molecule has 0 fully saturated rings. The summed E-state index contributed by atoms with van der Waals surface area (Å²) in [5.41, 5.74) is 40.1. The first-order valence-electron chi connectivity index (χ1n) is 46.9. The molecule has 0 saturated heterocycles. The lowest BCUT2D eigenvalue weighted by Gasteiger charge is -2.14. The fourth-order valence-corrected chi connectivity index (χ4v) is 20.4. The number of para-hydroxylation sites is 10. The molecule has 0 saturated carbocycles. The summed E-state index contributed by atoms with van der Waals surface area (Å²) in [6, 6.07) is 182. The highest BCUT2D eigenvalue weighted by molar-refractivity contribution is 6.19. The van der Waals surface area contributed by atoms with Gasteiger partial charge in [0, 0.05) is 99.0 Å². The summed E-state index contributed by atoms with van der Waals surface area (Å²) in [7, 11) is 0. The molecule has 0 radical (unpaired) electrons. The van der Waals surface area contributed by atoms with Gasteiger partial charge in [0.15, 0.2) is 0 Å². The van der Waals surface area contributed by atoms with Gasteiger partial charge in [-0.15, -0.1) is 0 Å². The molecule has 21 aromatic carbocycles. The molecule has 0 unspecified atom stereocenters. The van der Waals surface area contributed by atoms with Gasteiger partial charge < -0.3 is 22.8 Å². The summed E-state index contributed by atoms with van der Waals surface area (Å²) in [6.45, 7) is 10.9. The van der Waals surface area contributed by atoms with Gasteiger partial charge in [-0.05, 0) is 217 Å². The van der Waals surface area contributed by atoms with Crippen LogP contribution in [0.15, 0.2) is 510 Å². The summed E-state index contributed by atoms with van der Waals surface area (Å²) >= 11 is 0. The molecule has 648 valence electrons. The normalized spacial score (nSPS) is 11.3. The first kappa shape index (κ1) is 84.2. The van der Waals surface area contributed by atoms with Crippen molar-refractivity contribution in [3.63, 3.8) is 0 Å². The van der Waals surface area contributed by atoms with Crippen LogP contribution >= 0.6 is 0 Å². The molecule has 0 spiro atoms. The fourth-order valence-electron chi connectivity index (χ4n) is 20.4. The maximum atomic E-state index is 2.45. The number of aromatic nitrogens is 5. The Morgan fingerprint density at radius 2 is 0.382 bits per heavy atom. The predicted octanol–water partition coefficient (Wildman–Crippen LogP) is 35.5. The van der Waals surface area contributed by atoms with Gasteiger partial charge in [-0.3, -0.25) is 0 Å². The van der Waals surface area contributed by atoms with Gasteiger partial charge in [0.05, 0.1) is 55.2 Å². The van der Waals surface area contributed by atoms with Gasteiger partial charge in [-0.2, -0.15) is 0 Å². The van der Waals surface area contributed by atoms with Crippen LogP contribution in [0.1, 0.15) is 27.8 Å². The Labute approximate surface area is 793 Å². The van der Waals surface area contributed by atoms with Crippen molar-refractivity contribution in [2.24, 2.45) is 0 Å². The van der Waals surface area contributed by atoms with E-state index in [0.717, 1.165) is 0 Å². The van der Waals surface area contributed by atoms with Crippen molar-refractivity contribution in [2.45, 2.75) is 34.6 Å². The predicted molar refractivity (Wildman–Crippen MR) is 580 cm³/mol. The van der Waals surface area contributed by atoms with E-state index >= 15 is 0 Å². The van der Waals surface area contributed by atoms with E-state index in [1.807, 2.05) is 0 Å². The number of nitrogens with zero attached hydrogens (tertiary/aromatic N) is 5. The highest BCUT2D eigenvalue weighted by Crippen LogP contribution is 2.46. The van der Waals surface area contributed by atoms with E-state index in [0.29, 0.717) is 0 Å². The molecule has 0 aliphatic rings. The zero-order chi connectivity index (χ0) is 91.5. The topological polar surface area (TPSA) is 24.6 Å². The van der Waals surface area contributed by atoms with Crippen LogP contribution in [-0.4, -0.2) is 22.8 Å². The molecular weight excluding hydrogens is 1640 g/mol. The second kappa shape index (κ2) is 37.1. The van der Waals surface area contributed by atoms with Crippen LogP contribution in [0.4, 0.5) is 0 Å². The van der Waals surface area contributed by atoms with Crippen LogP contribution in [0.3, 0.4) is 0 Å². The third-order valence-electron chi connectivity index (χ3n) is 26.7. The van der Waals surface area contributed by atoms with Crippen molar-refractivity contribution in [1.29, 1.82) is 0 Å². The molecule has 136 heavy (non-hydrogen) atoms. The second-order valence-electron chi connectivity index (χ2n) is 35.3. The van der Waals surface area contributed by atoms with Gasteiger partial charge in [0.2, 0.25) is 0 Å². The van der Waals surface area contributed by atoms with E-state index in [2.05, 4.69) is 567 Å². The summed E-state index contributed by atoms with van der Waals surface area (Å²) in [5, 5.41) is 13.0. The zero-order valence-electron chi connectivity index (χ0n) is 76.7. The van der Waals surface area contributed by atoms with Crippen molar-refractivity contribution in [2.75, 3.05) is 0 Å². The van der Waals surface area contributed by atoms with Crippen LogP contribution in [0.2, 0.25) is 0 Å². The molecule has 0 aliphatic carbocycles. The number of fused-ring (bicyclic) bond motifs is 15. The Morgan fingerprint density at radius 3 is 0.787 bits per heavy atom. The highest BCUT2D eigenvalue weighted by atomic mass is 15.0. The third kappa shape index (κ3) is 16.0. The Morgan fingerprint density at radius 1 is 0.132 bits per heavy atom. The lowest BCUT2D eigenvalue weighted by Crippen LogP contribution is -1.96. The van der Waals surface area contributed by atoms with E-state index in [1.54, 1.807) is 0 Å². The van der Waals surface area contributed by atoms with Crippen LogP contribution in [0.5, 0.6) is 0 Å². The average molecular weight is 1740 g/mol. The number of aryl methyl sites for hydroxylation is 5. The van der Waals surface area contributed by atoms with E-state index < -0.39 is 0 Å². The second-order valence-corrected chi connectivity index (χ2v) is 35.3. The van der Waals surface area contributed by atoms with E-state index in [1.165, 1.54) is 232 Å². The fraction of sp³-hybridized carbons (Fsp3) is 0.0382. The van der Waals surface area contributed by atoms with Gasteiger partial charge in [0.25, 0.3) is 0 Å². The van der Waals surface area contributed by atoms with E-state index in [-0.39, 0.29) is 0 Å². The Bertz CT molecular complexity index is 8730. The van der Waals surface area contributed by atoms with E-state index in [9.17, 15) is 0 Å². The average Bonchev–Trinajstić information content (AvgIpc) is 1.56. The van der Waals surface area contributed by atoms with Crippen molar-refractivity contribution in [1.82, 2.24) is 22.8 Å². The molecule has 26 rings (SSSR count). The number of hydrogen-bond acceptors (Lipinski definition) is 0. The number of rotatable bonds is 11. The van der Waals surface area contributed by atoms with Gasteiger partial charge in [-0.25, -0.2) is 0 Å². The first-order valence-corrected chi connectivity index (χ1v) is 46.9. The summed E-state index contributed by atoms with van der Waals surface area (Å²) < 4.78 is 12.0. The Kier molecular flexibility index (Phi) is 23.0. The molecule has 26 aromatic rings. The highest BCUT2D eigenvalue weighted by Gasteiger charge is 2.24. The lowest BCUT2D eigenvalue weighted by molar-refractivity contribution is 1.17. The maximum Gasteiger partial charge on any atom is 0.0619 e. The molecule has 5 nitrogen and oxygen atoms in total. The smallest absolute Gasteiger partial charge is 0.0619 e. The van der Waals surface area contributed by atoms with Crippen molar-refractivity contribution in [3.8, 4) is 95.2 Å². The minimum Gasteiger partial charge on any atom is -0.309 e. The van der Waals surface area contributed by atoms with Crippen molar-refractivity contribution in [3.05, 3.63) is 537 Å². The van der Waals surface area contributed by atoms with Gasteiger partial charge >= 0.3 is 0 Å². The van der Waals surface area contributed by atoms with Crippen LogP contribution < -0.4 is 0 Å². The minimum absolute atomic E-state index is 1.18. The summed E-state index contributed by atoms with van der Waals surface area (Å²) in [6.07, 6.45) is 0. The van der Waals surface area contributed by atoms with Crippen LogP contribution in [0.25, 0.3) is 204 Å².